The minimum absolute atomic E-state index is 0.0734. The summed E-state index contributed by atoms with van der Waals surface area (Å²) in [5, 5.41) is 11.9. The van der Waals surface area contributed by atoms with E-state index >= 15 is 0 Å². The van der Waals surface area contributed by atoms with E-state index in [2.05, 4.69) is 5.32 Å². The molecular formula is C11H11NO2. The molecule has 0 aromatic heterocycles. The van der Waals surface area contributed by atoms with Crippen LogP contribution in [0, 0.1) is 0 Å². The molecule has 3 heteroatoms. The summed E-state index contributed by atoms with van der Waals surface area (Å²) in [5.74, 6) is -0.797. The van der Waals surface area contributed by atoms with Gasteiger partial charge in [0.15, 0.2) is 0 Å². The first kappa shape index (κ1) is 8.81. The highest BCUT2D eigenvalue weighted by molar-refractivity contribution is 5.78. The average molecular weight is 189 g/mol. The van der Waals surface area contributed by atoms with Crippen molar-refractivity contribution in [1.29, 1.82) is 0 Å². The van der Waals surface area contributed by atoms with E-state index in [4.69, 9.17) is 5.11 Å². The highest BCUT2D eigenvalue weighted by atomic mass is 16.4. The zero-order valence-corrected chi connectivity index (χ0v) is 7.66. The van der Waals surface area contributed by atoms with Crippen molar-refractivity contribution in [2.24, 2.45) is 0 Å². The van der Waals surface area contributed by atoms with E-state index in [9.17, 15) is 4.79 Å². The van der Waals surface area contributed by atoms with Gasteiger partial charge in [0.25, 0.3) is 0 Å². The summed E-state index contributed by atoms with van der Waals surface area (Å²) >= 11 is 0. The van der Waals surface area contributed by atoms with Crippen molar-refractivity contribution in [2.75, 3.05) is 11.9 Å². The van der Waals surface area contributed by atoms with Gasteiger partial charge in [-0.3, -0.25) is 4.79 Å². The van der Waals surface area contributed by atoms with Crippen molar-refractivity contribution in [3.05, 3.63) is 35.4 Å². The predicted octanol–water partition coefficient (Wildman–Crippen LogP) is 1.75. The molecule has 0 spiro atoms. The van der Waals surface area contributed by atoms with Gasteiger partial charge in [0.05, 0.1) is 6.42 Å². The second-order valence-electron chi connectivity index (χ2n) is 3.24. The lowest BCUT2D eigenvalue weighted by Gasteiger charge is -2.16. The molecule has 0 radical (unpaired) electrons. The van der Waals surface area contributed by atoms with Gasteiger partial charge in [-0.05, 0) is 11.1 Å². The molecule has 0 fully saturated rings. The highest BCUT2D eigenvalue weighted by Gasteiger charge is 2.10. The van der Waals surface area contributed by atoms with Crippen molar-refractivity contribution in [1.82, 2.24) is 0 Å². The fourth-order valence-electron chi connectivity index (χ4n) is 1.63. The maximum atomic E-state index is 10.6. The van der Waals surface area contributed by atoms with Crippen molar-refractivity contribution >= 4 is 17.7 Å². The SMILES string of the molecule is O=C(O)Cc1cccc2c1NCC=C2. The van der Waals surface area contributed by atoms with Crippen LogP contribution in [-0.2, 0) is 11.2 Å². The van der Waals surface area contributed by atoms with Crippen molar-refractivity contribution in [2.45, 2.75) is 6.42 Å². The van der Waals surface area contributed by atoms with Gasteiger partial charge < -0.3 is 10.4 Å². The second-order valence-corrected chi connectivity index (χ2v) is 3.24. The summed E-state index contributed by atoms with van der Waals surface area (Å²) < 4.78 is 0. The number of benzene rings is 1. The van der Waals surface area contributed by atoms with Crippen LogP contribution in [-0.4, -0.2) is 17.6 Å². The molecule has 0 bridgehead atoms. The molecule has 2 rings (SSSR count). The van der Waals surface area contributed by atoms with Crippen LogP contribution >= 0.6 is 0 Å². The molecule has 0 saturated carbocycles. The number of carboxylic acid groups (broad SMARTS) is 1. The van der Waals surface area contributed by atoms with E-state index in [0.717, 1.165) is 23.4 Å². The Balaban J connectivity index is 2.41. The van der Waals surface area contributed by atoms with Gasteiger partial charge >= 0.3 is 5.97 Å². The number of hydrogen-bond acceptors (Lipinski definition) is 2. The maximum absolute atomic E-state index is 10.6. The summed E-state index contributed by atoms with van der Waals surface area (Å²) in [5.41, 5.74) is 2.87. The second kappa shape index (κ2) is 3.54. The Kier molecular flexibility index (Phi) is 2.23. The maximum Gasteiger partial charge on any atom is 0.307 e. The molecule has 0 atom stereocenters. The Morgan fingerprint density at radius 2 is 2.36 bits per heavy atom. The van der Waals surface area contributed by atoms with E-state index in [1.807, 2.05) is 30.4 Å². The molecule has 2 N–H and O–H groups in total. The molecule has 72 valence electrons. The third-order valence-electron chi connectivity index (χ3n) is 2.22. The lowest BCUT2D eigenvalue weighted by atomic mass is 10.0. The van der Waals surface area contributed by atoms with Gasteiger partial charge in [-0.15, -0.1) is 0 Å². The third-order valence-corrected chi connectivity index (χ3v) is 2.22. The van der Waals surface area contributed by atoms with Crippen LogP contribution in [0.15, 0.2) is 24.3 Å². The summed E-state index contributed by atoms with van der Waals surface area (Å²) in [6, 6.07) is 5.71. The highest BCUT2D eigenvalue weighted by Crippen LogP contribution is 2.25. The third kappa shape index (κ3) is 1.62. The first-order valence-electron chi connectivity index (χ1n) is 4.51. The topological polar surface area (TPSA) is 49.3 Å². The molecule has 0 unspecified atom stereocenters. The van der Waals surface area contributed by atoms with Crippen molar-refractivity contribution < 1.29 is 9.90 Å². The van der Waals surface area contributed by atoms with Crippen LogP contribution in [0.1, 0.15) is 11.1 Å². The molecule has 1 aliphatic rings. The number of anilines is 1. The molecule has 1 aromatic carbocycles. The Morgan fingerprint density at radius 3 is 3.14 bits per heavy atom. The van der Waals surface area contributed by atoms with E-state index in [-0.39, 0.29) is 6.42 Å². The number of rotatable bonds is 2. The van der Waals surface area contributed by atoms with E-state index < -0.39 is 5.97 Å². The summed E-state index contributed by atoms with van der Waals surface area (Å²) in [7, 11) is 0. The number of nitrogens with one attached hydrogen (secondary N) is 1. The van der Waals surface area contributed by atoms with E-state index in [1.165, 1.54) is 0 Å². The van der Waals surface area contributed by atoms with Gasteiger partial charge in [-0.25, -0.2) is 0 Å². The minimum Gasteiger partial charge on any atom is -0.481 e. The van der Waals surface area contributed by atoms with Gasteiger partial charge in [-0.2, -0.15) is 0 Å². The summed E-state index contributed by atoms with van der Waals surface area (Å²) in [6.45, 7) is 0.767. The summed E-state index contributed by atoms with van der Waals surface area (Å²) in [6.07, 6.45) is 4.11. The average Bonchev–Trinajstić information content (AvgIpc) is 2.18. The summed E-state index contributed by atoms with van der Waals surface area (Å²) in [4.78, 5) is 10.6. The minimum atomic E-state index is -0.797. The molecular weight excluding hydrogens is 178 g/mol. The monoisotopic (exact) mass is 189 g/mol. The van der Waals surface area contributed by atoms with Gasteiger partial charge in [0.2, 0.25) is 0 Å². The number of carbonyl (C=O) groups is 1. The van der Waals surface area contributed by atoms with Crippen LogP contribution in [0.3, 0.4) is 0 Å². The number of carboxylic acids is 1. The smallest absolute Gasteiger partial charge is 0.307 e. The van der Waals surface area contributed by atoms with Crippen LogP contribution in [0.5, 0.6) is 0 Å². The molecule has 0 amide bonds. The molecule has 1 aliphatic heterocycles. The number of hydrogen-bond donors (Lipinski definition) is 2. The quantitative estimate of drug-likeness (QED) is 0.745. The molecule has 0 saturated heterocycles. The molecule has 3 nitrogen and oxygen atoms in total. The van der Waals surface area contributed by atoms with Crippen LogP contribution in [0.2, 0.25) is 0 Å². The zero-order chi connectivity index (χ0) is 9.97. The largest absolute Gasteiger partial charge is 0.481 e. The van der Waals surface area contributed by atoms with Gasteiger partial charge in [0.1, 0.15) is 0 Å². The fraction of sp³-hybridized carbons (Fsp3) is 0.182. The number of para-hydroxylation sites is 1. The zero-order valence-electron chi connectivity index (χ0n) is 7.66. The van der Waals surface area contributed by atoms with Crippen LogP contribution in [0.4, 0.5) is 5.69 Å². The van der Waals surface area contributed by atoms with Crippen LogP contribution < -0.4 is 5.32 Å². The Labute approximate surface area is 82.1 Å². The predicted molar refractivity (Wildman–Crippen MR) is 55.3 cm³/mol. The normalized spacial score (nSPS) is 13.1. The Morgan fingerprint density at radius 1 is 1.50 bits per heavy atom. The van der Waals surface area contributed by atoms with E-state index in [1.54, 1.807) is 0 Å². The Bertz CT molecular complexity index is 396. The number of fused-ring (bicyclic) bond motifs is 1. The first-order chi connectivity index (χ1) is 6.77. The first-order valence-corrected chi connectivity index (χ1v) is 4.51. The lowest BCUT2D eigenvalue weighted by molar-refractivity contribution is -0.136. The molecule has 1 heterocycles. The lowest BCUT2D eigenvalue weighted by Crippen LogP contribution is -2.10. The molecule has 0 aliphatic carbocycles. The standard InChI is InChI=1S/C11H11NO2/c13-10(14)7-9-4-1-3-8-5-2-6-12-11(8)9/h1-5,12H,6-7H2,(H,13,14). The van der Waals surface area contributed by atoms with E-state index in [0.29, 0.717) is 0 Å². The van der Waals surface area contributed by atoms with Crippen LogP contribution in [0.25, 0.3) is 6.08 Å². The fourth-order valence-corrected chi connectivity index (χ4v) is 1.63. The number of aliphatic carboxylic acids is 1. The van der Waals surface area contributed by atoms with Gasteiger partial charge in [-0.1, -0.05) is 30.4 Å². The molecule has 14 heavy (non-hydrogen) atoms. The Hall–Kier alpha value is -1.77. The van der Waals surface area contributed by atoms with Gasteiger partial charge in [0, 0.05) is 12.2 Å². The molecule has 1 aromatic rings. The van der Waals surface area contributed by atoms with Crippen molar-refractivity contribution in [3.8, 4) is 0 Å². The van der Waals surface area contributed by atoms with Crippen molar-refractivity contribution in [3.63, 3.8) is 0 Å².